The lowest BCUT2D eigenvalue weighted by Gasteiger charge is -2.33. The van der Waals surface area contributed by atoms with Crippen molar-refractivity contribution in [2.24, 2.45) is 0 Å². The van der Waals surface area contributed by atoms with E-state index < -0.39 is 106 Å². The summed E-state index contributed by atoms with van der Waals surface area (Å²) in [5.41, 5.74) is 4.00. The average molecular weight is 752 g/mol. The standard InChI is InChI=1S/C28H25BClF2N7O11S/c30-16-11(2-4-13(40)19(16)41)22(42)34-5-6-38-7-8-39(25(45)24(38)44)28(48)37-18(17-21(32)51-27(33)36-17)23(43)35-14-9-10-1-3-12(31)15(26(46)47)20(10)50-29(14)49/h1-4,14,18,40-41,49H,5-9H2,(H2,33,36)(H,34,42)(H,35,43)(H,37,48)(H,46,47)/t14-,18?/m0/s1. The quantitative estimate of drug-likeness (QED) is 0.0798. The Hall–Kier alpha value is -5.74. The summed E-state index contributed by atoms with van der Waals surface area (Å²) in [6.45, 7) is -1.00. The molecule has 6 amide bonds. The van der Waals surface area contributed by atoms with Crippen LogP contribution < -0.4 is 26.3 Å². The molecule has 2 aromatic carbocycles. The van der Waals surface area contributed by atoms with Gasteiger partial charge < -0.3 is 51.6 Å². The van der Waals surface area contributed by atoms with Crippen molar-refractivity contribution in [1.29, 1.82) is 0 Å². The van der Waals surface area contributed by atoms with E-state index in [1.807, 2.05) is 0 Å². The van der Waals surface area contributed by atoms with Crippen molar-refractivity contribution in [3.63, 3.8) is 0 Å². The number of thiazole rings is 1. The van der Waals surface area contributed by atoms with Crippen LogP contribution in [0.5, 0.6) is 17.2 Å². The number of nitrogens with two attached hydrogens (primary N) is 1. The van der Waals surface area contributed by atoms with Gasteiger partial charge in [0.15, 0.2) is 22.7 Å². The van der Waals surface area contributed by atoms with Crippen LogP contribution in [0.2, 0.25) is 5.02 Å². The second-order valence-electron chi connectivity index (χ2n) is 10.9. The fraction of sp³-hybridized carbons (Fsp3) is 0.250. The molecule has 3 aromatic rings. The SMILES string of the molecule is Nc1nc(C(NC(=O)N2CCN(CCNC(=O)c3ccc(O)c(O)c3Cl)C(=O)C2=O)C(=O)N[C@H]2Cc3ccc(F)c(C(=O)O)c3OB2O)c(F)s1. The lowest BCUT2D eigenvalue weighted by Crippen LogP contribution is -2.60. The third-order valence-electron chi connectivity index (χ3n) is 7.74. The number of nitrogens with zero attached hydrogens (tertiary/aromatic N) is 3. The van der Waals surface area contributed by atoms with Crippen LogP contribution >= 0.6 is 22.9 Å². The number of hydrogen-bond donors (Lipinski definition) is 8. The highest BCUT2D eigenvalue weighted by Gasteiger charge is 2.42. The van der Waals surface area contributed by atoms with Crippen LogP contribution in [0.3, 0.4) is 0 Å². The molecule has 2 atom stereocenters. The monoisotopic (exact) mass is 751 g/mol. The third-order valence-corrected chi connectivity index (χ3v) is 8.81. The first-order valence-corrected chi connectivity index (χ1v) is 15.8. The Morgan fingerprint density at radius 2 is 1.86 bits per heavy atom. The summed E-state index contributed by atoms with van der Waals surface area (Å²) >= 11 is 6.21. The summed E-state index contributed by atoms with van der Waals surface area (Å²) in [6.07, 6.45) is -0.287. The minimum Gasteiger partial charge on any atom is -0.534 e. The van der Waals surface area contributed by atoms with Crippen LogP contribution in [-0.2, 0) is 20.8 Å². The maximum Gasteiger partial charge on any atom is 0.547 e. The molecular weight excluding hydrogens is 727 g/mol. The molecule has 2 aliphatic heterocycles. The van der Waals surface area contributed by atoms with Crippen LogP contribution in [0, 0.1) is 10.9 Å². The Balaban J connectivity index is 1.24. The molecule has 18 nitrogen and oxygen atoms in total. The largest absolute Gasteiger partial charge is 0.547 e. The van der Waals surface area contributed by atoms with Crippen LogP contribution in [0.1, 0.15) is 38.0 Å². The van der Waals surface area contributed by atoms with E-state index in [2.05, 4.69) is 20.9 Å². The van der Waals surface area contributed by atoms with Gasteiger partial charge in [0.2, 0.25) is 11.0 Å². The number of phenolic OH excluding ortho intramolecular Hbond substituents is 2. The third kappa shape index (κ3) is 7.42. The number of aromatic hydroxyl groups is 2. The molecule has 1 aromatic heterocycles. The second kappa shape index (κ2) is 14.6. The fourth-order valence-corrected chi connectivity index (χ4v) is 6.04. The fourth-order valence-electron chi connectivity index (χ4n) is 5.20. The minimum atomic E-state index is -1.98. The number of carboxylic acid groups (broad SMARTS) is 1. The van der Waals surface area contributed by atoms with Gasteiger partial charge in [-0.05, 0) is 30.2 Å². The van der Waals surface area contributed by atoms with Crippen molar-refractivity contribution in [2.45, 2.75) is 18.4 Å². The molecule has 2 aliphatic rings. The van der Waals surface area contributed by atoms with E-state index in [4.69, 9.17) is 22.0 Å². The van der Waals surface area contributed by atoms with Gasteiger partial charge in [-0.15, -0.1) is 0 Å². The normalized spacial score (nSPS) is 16.2. The molecule has 5 rings (SSSR count). The number of benzene rings is 2. The van der Waals surface area contributed by atoms with Gasteiger partial charge in [0.25, 0.3) is 5.91 Å². The highest BCUT2D eigenvalue weighted by atomic mass is 35.5. The number of fused-ring (bicyclic) bond motifs is 1. The molecule has 3 heterocycles. The van der Waals surface area contributed by atoms with Crippen LogP contribution in [0.15, 0.2) is 24.3 Å². The number of urea groups is 1. The zero-order valence-corrected chi connectivity index (χ0v) is 27.3. The van der Waals surface area contributed by atoms with Crippen LogP contribution in [0.4, 0.5) is 18.7 Å². The van der Waals surface area contributed by atoms with Crippen LogP contribution in [-0.4, -0.2) is 110 Å². The van der Waals surface area contributed by atoms with Gasteiger partial charge in [-0.1, -0.05) is 29.0 Å². The number of aromatic nitrogens is 1. The number of hydrogen-bond acceptors (Lipinski definition) is 13. The second-order valence-corrected chi connectivity index (χ2v) is 12.3. The highest BCUT2D eigenvalue weighted by molar-refractivity contribution is 7.13. The maximum atomic E-state index is 14.8. The Morgan fingerprint density at radius 3 is 2.53 bits per heavy atom. The van der Waals surface area contributed by atoms with Gasteiger partial charge in [-0.3, -0.25) is 24.1 Å². The molecule has 0 aliphatic carbocycles. The molecule has 23 heteroatoms. The number of rotatable bonds is 9. The van der Waals surface area contributed by atoms with E-state index >= 15 is 0 Å². The topological polar surface area (TPSA) is 274 Å². The number of carboxylic acids is 1. The van der Waals surface area contributed by atoms with Crippen LogP contribution in [0.25, 0.3) is 0 Å². The van der Waals surface area contributed by atoms with Crippen molar-refractivity contribution in [3.05, 3.63) is 62.6 Å². The lowest BCUT2D eigenvalue weighted by molar-refractivity contribution is -0.153. The molecule has 0 bridgehead atoms. The Morgan fingerprint density at radius 1 is 1.14 bits per heavy atom. The van der Waals surface area contributed by atoms with Gasteiger partial charge in [0, 0.05) is 26.2 Å². The Labute approximate surface area is 293 Å². The van der Waals surface area contributed by atoms with Crippen molar-refractivity contribution in [2.75, 3.05) is 31.9 Å². The van der Waals surface area contributed by atoms with Crippen molar-refractivity contribution in [3.8, 4) is 17.2 Å². The van der Waals surface area contributed by atoms with Crippen molar-refractivity contribution < 1.29 is 62.5 Å². The smallest absolute Gasteiger partial charge is 0.534 e. The predicted molar refractivity (Wildman–Crippen MR) is 171 cm³/mol. The van der Waals surface area contributed by atoms with Gasteiger partial charge in [-0.2, -0.15) is 4.39 Å². The van der Waals surface area contributed by atoms with Crippen molar-refractivity contribution in [1.82, 2.24) is 30.7 Å². The van der Waals surface area contributed by atoms with E-state index in [1.165, 1.54) is 6.07 Å². The molecule has 268 valence electrons. The molecule has 51 heavy (non-hydrogen) atoms. The number of halogens is 3. The number of nitrogen functional groups attached to an aromatic ring is 1. The first-order chi connectivity index (χ1) is 24.1. The summed E-state index contributed by atoms with van der Waals surface area (Å²) < 4.78 is 34.2. The van der Waals surface area contributed by atoms with E-state index in [-0.39, 0.29) is 42.3 Å². The summed E-state index contributed by atoms with van der Waals surface area (Å²) in [5.74, 6) is -10.3. The molecule has 1 unspecified atom stereocenters. The summed E-state index contributed by atoms with van der Waals surface area (Å²) in [4.78, 5) is 81.7. The molecular formula is C28H25BClF2N7O11S. The number of aromatic carboxylic acids is 1. The Kier molecular flexibility index (Phi) is 10.5. The van der Waals surface area contributed by atoms with E-state index in [0.29, 0.717) is 16.2 Å². The van der Waals surface area contributed by atoms with Gasteiger partial charge in [-0.25, -0.2) is 19.0 Å². The number of imide groups is 1. The lowest BCUT2D eigenvalue weighted by atomic mass is 9.72. The van der Waals surface area contributed by atoms with Gasteiger partial charge in [0.1, 0.15) is 22.8 Å². The summed E-state index contributed by atoms with van der Waals surface area (Å²) in [7, 11) is -1.93. The minimum absolute atomic E-state index is 0.0964. The maximum absolute atomic E-state index is 14.8. The van der Waals surface area contributed by atoms with E-state index in [0.717, 1.165) is 23.1 Å². The zero-order valence-electron chi connectivity index (χ0n) is 25.7. The van der Waals surface area contributed by atoms with E-state index in [1.54, 1.807) is 0 Å². The molecule has 0 radical (unpaired) electrons. The average Bonchev–Trinajstić information content (AvgIpc) is 3.41. The zero-order chi connectivity index (χ0) is 37.3. The number of piperazine rings is 1. The Bertz CT molecular complexity index is 1970. The first-order valence-electron chi connectivity index (χ1n) is 14.6. The number of carbonyl (C=O) groups is 6. The van der Waals surface area contributed by atoms with E-state index in [9.17, 15) is 57.9 Å². The number of carbonyl (C=O) groups excluding carboxylic acids is 5. The summed E-state index contributed by atoms with van der Waals surface area (Å²) in [5, 5.41) is 44.2. The first kappa shape index (κ1) is 36.5. The molecule has 0 spiro atoms. The van der Waals surface area contributed by atoms with Crippen molar-refractivity contribution >= 4 is 70.8 Å². The summed E-state index contributed by atoms with van der Waals surface area (Å²) in [6, 6.07) is 0.943. The molecule has 9 N–H and O–H groups in total. The molecule has 1 fully saturated rings. The highest BCUT2D eigenvalue weighted by Crippen LogP contribution is 2.35. The molecule has 1 saturated heterocycles. The predicted octanol–water partition coefficient (Wildman–Crippen LogP) is -0.243. The van der Waals surface area contributed by atoms with Gasteiger partial charge >= 0.3 is 30.9 Å². The molecule has 0 saturated carbocycles. The number of amides is 6. The number of phenols is 2. The number of nitrogens with one attached hydrogen (secondary N) is 3. The number of anilines is 1. The van der Waals surface area contributed by atoms with Gasteiger partial charge in [0.05, 0.1) is 16.5 Å².